The standard InChI is InChI=1S/C15H28N6O/c1-3-8-16-13-18-14(17-12(4-2)11-22)20-15(19-13)21-9-6-5-7-10-21/h12,22H,3-11H2,1-2H3,(H2,16,17,18,19,20)/t12-/m1/s1. The van der Waals surface area contributed by atoms with E-state index < -0.39 is 0 Å². The van der Waals surface area contributed by atoms with Crippen LogP contribution in [0.25, 0.3) is 0 Å². The molecule has 0 spiro atoms. The summed E-state index contributed by atoms with van der Waals surface area (Å²) in [5.74, 6) is 1.87. The fraction of sp³-hybridized carbons (Fsp3) is 0.800. The Labute approximate surface area is 132 Å². The van der Waals surface area contributed by atoms with Crippen LogP contribution in [0.4, 0.5) is 17.8 Å². The second-order valence-electron chi connectivity index (χ2n) is 5.69. The fourth-order valence-corrected chi connectivity index (χ4v) is 2.44. The maximum absolute atomic E-state index is 9.36. The van der Waals surface area contributed by atoms with Crippen LogP contribution in [0.3, 0.4) is 0 Å². The second-order valence-corrected chi connectivity index (χ2v) is 5.69. The van der Waals surface area contributed by atoms with Crippen molar-refractivity contribution >= 4 is 17.8 Å². The minimum Gasteiger partial charge on any atom is -0.394 e. The highest BCUT2D eigenvalue weighted by Gasteiger charge is 2.17. The Kier molecular flexibility index (Phi) is 6.64. The molecule has 0 bridgehead atoms. The highest BCUT2D eigenvalue weighted by molar-refractivity contribution is 5.44. The molecule has 1 saturated heterocycles. The molecule has 0 unspecified atom stereocenters. The highest BCUT2D eigenvalue weighted by atomic mass is 16.3. The number of hydrogen-bond acceptors (Lipinski definition) is 7. The SMILES string of the molecule is CCCNc1nc(N[C@H](CC)CO)nc(N2CCCCC2)n1. The van der Waals surface area contributed by atoms with Crippen molar-refractivity contribution in [1.29, 1.82) is 0 Å². The van der Waals surface area contributed by atoms with Gasteiger partial charge in [-0.2, -0.15) is 15.0 Å². The zero-order valence-corrected chi connectivity index (χ0v) is 13.7. The Morgan fingerprint density at radius 3 is 2.45 bits per heavy atom. The predicted molar refractivity (Wildman–Crippen MR) is 89.5 cm³/mol. The first-order valence-corrected chi connectivity index (χ1v) is 8.39. The smallest absolute Gasteiger partial charge is 0.231 e. The highest BCUT2D eigenvalue weighted by Crippen LogP contribution is 2.19. The van der Waals surface area contributed by atoms with Crippen molar-refractivity contribution in [3.8, 4) is 0 Å². The lowest BCUT2D eigenvalue weighted by Crippen LogP contribution is -2.32. The molecule has 1 fully saturated rings. The number of nitrogens with one attached hydrogen (secondary N) is 2. The van der Waals surface area contributed by atoms with Gasteiger partial charge in [0.1, 0.15) is 0 Å². The van der Waals surface area contributed by atoms with Gasteiger partial charge < -0.3 is 20.6 Å². The van der Waals surface area contributed by atoms with Crippen molar-refractivity contribution in [2.24, 2.45) is 0 Å². The van der Waals surface area contributed by atoms with Gasteiger partial charge in [-0.1, -0.05) is 13.8 Å². The Bertz CT molecular complexity index is 446. The zero-order chi connectivity index (χ0) is 15.8. The van der Waals surface area contributed by atoms with Crippen LogP contribution in [0.5, 0.6) is 0 Å². The molecule has 0 radical (unpaired) electrons. The van der Waals surface area contributed by atoms with Gasteiger partial charge in [0.2, 0.25) is 17.8 Å². The van der Waals surface area contributed by atoms with Crippen molar-refractivity contribution < 1.29 is 5.11 Å². The van der Waals surface area contributed by atoms with Crippen molar-refractivity contribution in [2.45, 2.75) is 52.0 Å². The average molecular weight is 308 g/mol. The minimum atomic E-state index is -0.0318. The molecule has 7 nitrogen and oxygen atoms in total. The summed E-state index contributed by atoms with van der Waals surface area (Å²) < 4.78 is 0. The number of aromatic nitrogens is 3. The zero-order valence-electron chi connectivity index (χ0n) is 13.7. The van der Waals surface area contributed by atoms with Crippen LogP contribution < -0.4 is 15.5 Å². The van der Waals surface area contributed by atoms with Gasteiger partial charge in [-0.15, -0.1) is 0 Å². The summed E-state index contributed by atoms with van der Waals surface area (Å²) in [6, 6.07) is -0.0318. The normalized spacial score (nSPS) is 16.4. The van der Waals surface area contributed by atoms with E-state index in [1.165, 1.54) is 19.3 Å². The molecule has 0 aliphatic carbocycles. The lowest BCUT2D eigenvalue weighted by Gasteiger charge is -2.27. The Morgan fingerprint density at radius 1 is 1.09 bits per heavy atom. The van der Waals surface area contributed by atoms with Crippen LogP contribution in [0.1, 0.15) is 46.0 Å². The summed E-state index contributed by atoms with van der Waals surface area (Å²) in [4.78, 5) is 15.7. The molecule has 1 aromatic heterocycles. The van der Waals surface area contributed by atoms with Crippen molar-refractivity contribution in [1.82, 2.24) is 15.0 Å². The Balaban J connectivity index is 2.19. The Hall–Kier alpha value is -1.63. The molecule has 7 heteroatoms. The summed E-state index contributed by atoms with van der Waals surface area (Å²) in [7, 11) is 0. The number of nitrogens with zero attached hydrogens (tertiary/aromatic N) is 4. The maximum atomic E-state index is 9.36. The van der Waals surface area contributed by atoms with Crippen LogP contribution in [-0.4, -0.2) is 52.3 Å². The molecule has 1 aliphatic rings. The van der Waals surface area contributed by atoms with Crippen LogP contribution >= 0.6 is 0 Å². The molecule has 0 amide bonds. The van der Waals surface area contributed by atoms with Gasteiger partial charge in [0.25, 0.3) is 0 Å². The topological polar surface area (TPSA) is 86.2 Å². The van der Waals surface area contributed by atoms with Crippen LogP contribution in [0.2, 0.25) is 0 Å². The number of piperidine rings is 1. The molecule has 0 saturated carbocycles. The van der Waals surface area contributed by atoms with E-state index in [-0.39, 0.29) is 12.6 Å². The maximum Gasteiger partial charge on any atom is 0.231 e. The molecule has 124 valence electrons. The van der Waals surface area contributed by atoms with Crippen LogP contribution in [0, 0.1) is 0 Å². The molecule has 2 rings (SSSR count). The summed E-state index contributed by atoms with van der Waals surface area (Å²) in [5, 5.41) is 15.8. The molecular formula is C15H28N6O. The lowest BCUT2D eigenvalue weighted by atomic mass is 10.1. The third-order valence-electron chi connectivity index (χ3n) is 3.84. The fourth-order valence-electron chi connectivity index (χ4n) is 2.44. The first kappa shape index (κ1) is 16.7. The monoisotopic (exact) mass is 308 g/mol. The molecule has 3 N–H and O–H groups in total. The first-order chi connectivity index (χ1) is 10.8. The molecule has 1 aliphatic heterocycles. The van der Waals surface area contributed by atoms with Crippen molar-refractivity contribution in [2.75, 3.05) is 41.8 Å². The van der Waals surface area contributed by atoms with E-state index in [0.29, 0.717) is 11.9 Å². The number of rotatable bonds is 8. The summed E-state index contributed by atoms with van der Waals surface area (Å²) >= 11 is 0. The third-order valence-corrected chi connectivity index (χ3v) is 3.84. The van der Waals surface area contributed by atoms with Crippen molar-refractivity contribution in [3.05, 3.63) is 0 Å². The largest absolute Gasteiger partial charge is 0.394 e. The van der Waals surface area contributed by atoms with Gasteiger partial charge in [-0.25, -0.2) is 0 Å². The van der Waals surface area contributed by atoms with Crippen LogP contribution in [-0.2, 0) is 0 Å². The average Bonchev–Trinajstić information content (AvgIpc) is 2.58. The number of aliphatic hydroxyl groups is 1. The molecule has 1 atom stereocenters. The predicted octanol–water partition coefficient (Wildman–Crippen LogP) is 1.87. The molecule has 22 heavy (non-hydrogen) atoms. The van der Waals surface area contributed by atoms with Gasteiger partial charge in [0.05, 0.1) is 12.6 Å². The van der Waals surface area contributed by atoms with E-state index >= 15 is 0 Å². The second kappa shape index (κ2) is 8.73. The van der Waals surface area contributed by atoms with Crippen LogP contribution in [0.15, 0.2) is 0 Å². The van der Waals surface area contributed by atoms with Gasteiger partial charge in [0.15, 0.2) is 0 Å². The quantitative estimate of drug-likeness (QED) is 0.676. The molecule has 0 aromatic carbocycles. The van der Waals surface area contributed by atoms with Gasteiger partial charge in [0, 0.05) is 19.6 Å². The Morgan fingerprint density at radius 2 is 1.82 bits per heavy atom. The third kappa shape index (κ3) is 4.69. The number of aliphatic hydroxyl groups excluding tert-OH is 1. The molecule has 1 aromatic rings. The van der Waals surface area contributed by atoms with Gasteiger partial charge in [-0.3, -0.25) is 0 Å². The summed E-state index contributed by atoms with van der Waals surface area (Å²) in [6.45, 7) is 7.02. The van der Waals surface area contributed by atoms with Gasteiger partial charge in [-0.05, 0) is 32.1 Å². The molecular weight excluding hydrogens is 280 g/mol. The van der Waals surface area contributed by atoms with E-state index in [4.69, 9.17) is 0 Å². The van der Waals surface area contributed by atoms with E-state index in [9.17, 15) is 5.11 Å². The van der Waals surface area contributed by atoms with Gasteiger partial charge >= 0.3 is 0 Å². The minimum absolute atomic E-state index is 0.0318. The van der Waals surface area contributed by atoms with E-state index in [2.05, 4.69) is 37.4 Å². The first-order valence-electron chi connectivity index (χ1n) is 8.39. The molecule has 2 heterocycles. The van der Waals surface area contributed by atoms with Crippen molar-refractivity contribution in [3.63, 3.8) is 0 Å². The van der Waals surface area contributed by atoms with E-state index in [1.807, 2.05) is 6.92 Å². The number of anilines is 3. The summed E-state index contributed by atoms with van der Waals surface area (Å²) in [5.41, 5.74) is 0. The lowest BCUT2D eigenvalue weighted by molar-refractivity contribution is 0.271. The van der Waals surface area contributed by atoms with E-state index in [0.717, 1.165) is 38.4 Å². The number of hydrogen-bond donors (Lipinski definition) is 3. The van der Waals surface area contributed by atoms with E-state index in [1.54, 1.807) is 0 Å². The summed E-state index contributed by atoms with van der Waals surface area (Å²) in [6.07, 6.45) is 5.47.